The molecule has 0 aromatic heterocycles. The van der Waals surface area contributed by atoms with Crippen molar-refractivity contribution in [3.05, 3.63) is 35.9 Å². The van der Waals surface area contributed by atoms with E-state index in [2.05, 4.69) is 12.1 Å². The Morgan fingerprint density at radius 1 is 1.06 bits per heavy atom. The van der Waals surface area contributed by atoms with Gasteiger partial charge < -0.3 is 4.74 Å². The number of rotatable bonds is 4. The van der Waals surface area contributed by atoms with E-state index in [1.165, 1.54) is 5.56 Å². The molecule has 0 saturated heterocycles. The quantitative estimate of drug-likeness (QED) is 0.809. The number of ether oxygens (including phenoxy) is 1. The summed E-state index contributed by atoms with van der Waals surface area (Å²) in [5, 5.41) is 0. The number of Topliss-reactive ketones (excluding diaryl/α,β-unsaturated/α-hetero) is 1. The standard InChI is InChI=1S/C16H22O2/c17-16-10-4-8-15(9-5-11-16)13-18-12-14-6-2-1-3-7-14/h1-3,6-7,15H,4-5,8-13H2. The molecule has 1 aliphatic carbocycles. The van der Waals surface area contributed by atoms with Crippen molar-refractivity contribution in [1.82, 2.24) is 0 Å². The monoisotopic (exact) mass is 246 g/mol. The molecule has 0 amide bonds. The summed E-state index contributed by atoms with van der Waals surface area (Å²) >= 11 is 0. The highest BCUT2D eigenvalue weighted by atomic mass is 16.5. The molecule has 0 atom stereocenters. The zero-order chi connectivity index (χ0) is 12.6. The fourth-order valence-corrected chi connectivity index (χ4v) is 2.53. The van der Waals surface area contributed by atoms with Crippen LogP contribution < -0.4 is 0 Å². The van der Waals surface area contributed by atoms with Crippen LogP contribution in [0.2, 0.25) is 0 Å². The van der Waals surface area contributed by atoms with Gasteiger partial charge >= 0.3 is 0 Å². The van der Waals surface area contributed by atoms with Gasteiger partial charge in [-0.25, -0.2) is 0 Å². The molecule has 0 N–H and O–H groups in total. The van der Waals surface area contributed by atoms with Crippen molar-refractivity contribution in [2.45, 2.75) is 45.1 Å². The summed E-state index contributed by atoms with van der Waals surface area (Å²) in [5.74, 6) is 1.08. The molecule has 0 radical (unpaired) electrons. The molecule has 2 heteroatoms. The summed E-state index contributed by atoms with van der Waals surface area (Å²) in [6.07, 6.45) is 5.90. The van der Waals surface area contributed by atoms with Gasteiger partial charge in [0, 0.05) is 19.4 Å². The van der Waals surface area contributed by atoms with E-state index in [0.29, 0.717) is 18.3 Å². The van der Waals surface area contributed by atoms with Crippen molar-refractivity contribution >= 4 is 5.78 Å². The third-order valence-electron chi connectivity index (χ3n) is 3.60. The summed E-state index contributed by atoms with van der Waals surface area (Å²) in [6, 6.07) is 10.3. The molecule has 1 fully saturated rings. The van der Waals surface area contributed by atoms with Crippen LogP contribution in [0.1, 0.15) is 44.1 Å². The predicted molar refractivity (Wildman–Crippen MR) is 72.3 cm³/mol. The van der Waals surface area contributed by atoms with Gasteiger partial charge in [0.1, 0.15) is 5.78 Å². The smallest absolute Gasteiger partial charge is 0.132 e. The summed E-state index contributed by atoms with van der Waals surface area (Å²) < 4.78 is 5.80. The Labute approximate surface area is 109 Å². The maximum atomic E-state index is 11.3. The van der Waals surface area contributed by atoms with Gasteiger partial charge in [-0.2, -0.15) is 0 Å². The fraction of sp³-hybridized carbons (Fsp3) is 0.562. The highest BCUT2D eigenvalue weighted by Crippen LogP contribution is 2.21. The maximum absolute atomic E-state index is 11.3. The average Bonchev–Trinajstić information content (AvgIpc) is 2.37. The van der Waals surface area contributed by atoms with Gasteiger partial charge in [0.05, 0.1) is 6.61 Å². The van der Waals surface area contributed by atoms with Gasteiger partial charge in [-0.1, -0.05) is 30.3 Å². The van der Waals surface area contributed by atoms with Crippen molar-refractivity contribution in [1.29, 1.82) is 0 Å². The Morgan fingerprint density at radius 2 is 1.72 bits per heavy atom. The molecule has 1 aliphatic rings. The fourth-order valence-electron chi connectivity index (χ4n) is 2.53. The minimum atomic E-state index is 0.443. The van der Waals surface area contributed by atoms with Crippen LogP contribution in [-0.2, 0) is 16.1 Å². The minimum absolute atomic E-state index is 0.443. The van der Waals surface area contributed by atoms with E-state index in [0.717, 1.165) is 45.1 Å². The molecule has 98 valence electrons. The van der Waals surface area contributed by atoms with Crippen LogP contribution in [0.3, 0.4) is 0 Å². The van der Waals surface area contributed by atoms with Crippen LogP contribution in [0.25, 0.3) is 0 Å². The van der Waals surface area contributed by atoms with Gasteiger partial charge in [-0.05, 0) is 37.2 Å². The molecule has 2 rings (SSSR count). The summed E-state index contributed by atoms with van der Waals surface area (Å²) in [4.78, 5) is 11.3. The van der Waals surface area contributed by atoms with Crippen molar-refractivity contribution in [2.75, 3.05) is 6.61 Å². The first-order valence-corrected chi connectivity index (χ1v) is 6.98. The van der Waals surface area contributed by atoms with Crippen molar-refractivity contribution in [2.24, 2.45) is 5.92 Å². The number of ketones is 1. The van der Waals surface area contributed by atoms with E-state index in [1.54, 1.807) is 0 Å². The highest BCUT2D eigenvalue weighted by Gasteiger charge is 2.14. The Morgan fingerprint density at radius 3 is 2.39 bits per heavy atom. The molecule has 2 nitrogen and oxygen atoms in total. The van der Waals surface area contributed by atoms with Crippen LogP contribution >= 0.6 is 0 Å². The Kier molecular flexibility index (Phi) is 5.40. The van der Waals surface area contributed by atoms with Crippen LogP contribution in [0, 0.1) is 5.92 Å². The van der Waals surface area contributed by atoms with Crippen molar-refractivity contribution in [3.8, 4) is 0 Å². The number of hydrogen-bond donors (Lipinski definition) is 0. The Hall–Kier alpha value is -1.15. The molecular formula is C16H22O2. The first-order valence-electron chi connectivity index (χ1n) is 6.98. The highest BCUT2D eigenvalue weighted by molar-refractivity contribution is 5.78. The zero-order valence-corrected chi connectivity index (χ0v) is 10.9. The van der Waals surface area contributed by atoms with Crippen molar-refractivity contribution < 1.29 is 9.53 Å². The number of hydrogen-bond acceptors (Lipinski definition) is 2. The molecule has 0 spiro atoms. The molecule has 0 heterocycles. The van der Waals surface area contributed by atoms with E-state index >= 15 is 0 Å². The van der Waals surface area contributed by atoms with Crippen LogP contribution in [-0.4, -0.2) is 12.4 Å². The molecule has 0 aliphatic heterocycles. The topological polar surface area (TPSA) is 26.3 Å². The summed E-state index contributed by atoms with van der Waals surface area (Å²) in [6.45, 7) is 1.54. The number of carbonyl (C=O) groups excluding carboxylic acids is 1. The van der Waals surface area contributed by atoms with E-state index in [9.17, 15) is 4.79 Å². The first-order chi connectivity index (χ1) is 8.84. The molecule has 1 aromatic carbocycles. The van der Waals surface area contributed by atoms with Crippen LogP contribution in [0.15, 0.2) is 30.3 Å². The summed E-state index contributed by atoms with van der Waals surface area (Å²) in [7, 11) is 0. The molecule has 1 saturated carbocycles. The van der Waals surface area contributed by atoms with E-state index < -0.39 is 0 Å². The van der Waals surface area contributed by atoms with Crippen LogP contribution in [0.5, 0.6) is 0 Å². The third kappa shape index (κ3) is 4.61. The molecule has 1 aromatic rings. The van der Waals surface area contributed by atoms with Crippen LogP contribution in [0.4, 0.5) is 0 Å². The van der Waals surface area contributed by atoms with Gasteiger partial charge in [0.25, 0.3) is 0 Å². The SMILES string of the molecule is O=C1CCCC(COCc2ccccc2)CCC1. The normalized spacial score (nSPS) is 18.3. The Balaban J connectivity index is 1.68. The van der Waals surface area contributed by atoms with Crippen molar-refractivity contribution in [3.63, 3.8) is 0 Å². The summed E-state index contributed by atoms with van der Waals surface area (Å²) in [5.41, 5.74) is 1.23. The molecule has 0 unspecified atom stereocenters. The number of benzene rings is 1. The van der Waals surface area contributed by atoms with Gasteiger partial charge in [0.2, 0.25) is 0 Å². The van der Waals surface area contributed by atoms with E-state index in [4.69, 9.17) is 4.74 Å². The lowest BCUT2D eigenvalue weighted by molar-refractivity contribution is -0.119. The lowest BCUT2D eigenvalue weighted by Crippen LogP contribution is -2.14. The molecular weight excluding hydrogens is 224 g/mol. The second-order valence-electron chi connectivity index (χ2n) is 5.19. The van der Waals surface area contributed by atoms with Gasteiger partial charge in [-0.15, -0.1) is 0 Å². The lowest BCUT2D eigenvalue weighted by atomic mass is 9.91. The second-order valence-corrected chi connectivity index (χ2v) is 5.19. The Bertz CT molecular complexity index is 347. The first kappa shape index (κ1) is 13.3. The largest absolute Gasteiger partial charge is 0.376 e. The molecule has 18 heavy (non-hydrogen) atoms. The van der Waals surface area contributed by atoms with E-state index in [-0.39, 0.29) is 0 Å². The minimum Gasteiger partial charge on any atom is -0.376 e. The molecule has 0 bridgehead atoms. The van der Waals surface area contributed by atoms with Gasteiger partial charge in [-0.3, -0.25) is 4.79 Å². The second kappa shape index (κ2) is 7.32. The predicted octanol–water partition coefficient (Wildman–Crippen LogP) is 3.74. The maximum Gasteiger partial charge on any atom is 0.132 e. The average molecular weight is 246 g/mol. The zero-order valence-electron chi connectivity index (χ0n) is 10.9. The van der Waals surface area contributed by atoms with Gasteiger partial charge in [0.15, 0.2) is 0 Å². The lowest BCUT2D eigenvalue weighted by Gasteiger charge is -2.19. The third-order valence-corrected chi connectivity index (χ3v) is 3.60. The number of carbonyl (C=O) groups is 1. The van der Waals surface area contributed by atoms with E-state index in [1.807, 2.05) is 18.2 Å².